The van der Waals surface area contributed by atoms with E-state index in [2.05, 4.69) is 0 Å². The summed E-state index contributed by atoms with van der Waals surface area (Å²) in [5.41, 5.74) is 1.67. The highest BCUT2D eigenvalue weighted by Gasteiger charge is 2.20. The normalized spacial score (nSPS) is 11.7. The topological polar surface area (TPSA) is 56.1 Å². The zero-order valence-corrected chi connectivity index (χ0v) is 12.9. The fraction of sp³-hybridized carbons (Fsp3) is 0.118. The third kappa shape index (κ3) is 2.55. The van der Waals surface area contributed by atoms with E-state index in [9.17, 15) is 13.2 Å². The van der Waals surface area contributed by atoms with Crippen molar-refractivity contribution in [3.05, 3.63) is 71.9 Å². The third-order valence-corrected chi connectivity index (χ3v) is 5.15. The second kappa shape index (κ2) is 5.42. The second-order valence-electron chi connectivity index (χ2n) is 5.15. The van der Waals surface area contributed by atoms with Crippen molar-refractivity contribution in [1.29, 1.82) is 0 Å². The number of carbonyl (C=O) groups excluding carboxylic acids is 1. The van der Waals surface area contributed by atoms with E-state index < -0.39 is 10.0 Å². The maximum atomic E-state index is 12.7. The van der Waals surface area contributed by atoms with Gasteiger partial charge in [-0.05, 0) is 18.6 Å². The highest BCUT2D eigenvalue weighted by atomic mass is 32.2. The summed E-state index contributed by atoms with van der Waals surface area (Å²) in [6.45, 7) is 1.44. The molecule has 0 fully saturated rings. The highest BCUT2D eigenvalue weighted by molar-refractivity contribution is 7.89. The van der Waals surface area contributed by atoms with Gasteiger partial charge < -0.3 is 0 Å². The lowest BCUT2D eigenvalue weighted by atomic mass is 10.1. The van der Waals surface area contributed by atoms with E-state index in [0.29, 0.717) is 22.0 Å². The van der Waals surface area contributed by atoms with Crippen molar-refractivity contribution in [1.82, 2.24) is 3.97 Å². The molecule has 0 radical (unpaired) electrons. The smallest absolute Gasteiger partial charge is 0.243 e. The summed E-state index contributed by atoms with van der Waals surface area (Å²) in [6, 6.07) is 16.0. The van der Waals surface area contributed by atoms with Gasteiger partial charge in [0.05, 0.1) is 11.3 Å². The molecule has 0 spiro atoms. The van der Waals surface area contributed by atoms with Gasteiger partial charge >= 0.3 is 0 Å². The number of fused-ring (bicyclic) bond motifs is 1. The van der Waals surface area contributed by atoms with E-state index in [4.69, 9.17) is 0 Å². The van der Waals surface area contributed by atoms with Crippen molar-refractivity contribution in [3.63, 3.8) is 0 Å². The molecule has 0 aliphatic heterocycles. The van der Waals surface area contributed by atoms with E-state index in [-0.39, 0.29) is 11.5 Å². The summed E-state index contributed by atoms with van der Waals surface area (Å²) in [5.74, 6) is -0.256. The van der Waals surface area contributed by atoms with Gasteiger partial charge in [0.1, 0.15) is 0 Å². The number of nitrogens with zero attached hydrogens (tertiary/aromatic N) is 1. The monoisotopic (exact) mass is 313 g/mol. The summed E-state index contributed by atoms with van der Waals surface area (Å²) in [7, 11) is -3.59. The Hall–Kier alpha value is -2.40. The molecule has 2 aromatic carbocycles. The van der Waals surface area contributed by atoms with Crippen LogP contribution in [0.5, 0.6) is 0 Å². The largest absolute Gasteiger partial charge is 0.294 e. The van der Waals surface area contributed by atoms with Gasteiger partial charge in [-0.15, -0.1) is 0 Å². The lowest BCUT2D eigenvalue weighted by Crippen LogP contribution is -2.14. The molecule has 22 heavy (non-hydrogen) atoms. The molecule has 112 valence electrons. The van der Waals surface area contributed by atoms with Crippen molar-refractivity contribution < 1.29 is 13.2 Å². The SMILES string of the molecule is CC(=O)c1cn(S(=O)(=O)Cc2ccccc2)c2ccccc12. The van der Waals surface area contributed by atoms with Crippen molar-refractivity contribution >= 4 is 26.7 Å². The van der Waals surface area contributed by atoms with Crippen molar-refractivity contribution in [2.45, 2.75) is 12.7 Å². The number of benzene rings is 2. The summed E-state index contributed by atoms with van der Waals surface area (Å²) >= 11 is 0. The number of Topliss-reactive ketones (excluding diaryl/α,β-unsaturated/α-hetero) is 1. The van der Waals surface area contributed by atoms with Crippen LogP contribution in [0.3, 0.4) is 0 Å². The molecule has 0 saturated carbocycles. The third-order valence-electron chi connectivity index (χ3n) is 3.55. The van der Waals surface area contributed by atoms with E-state index >= 15 is 0 Å². The van der Waals surface area contributed by atoms with Crippen LogP contribution in [0.2, 0.25) is 0 Å². The van der Waals surface area contributed by atoms with Gasteiger partial charge in [-0.25, -0.2) is 12.4 Å². The first kappa shape index (κ1) is 14.5. The average molecular weight is 313 g/mol. The number of ketones is 1. The van der Waals surface area contributed by atoms with Gasteiger partial charge in [0, 0.05) is 17.1 Å². The molecule has 0 aliphatic rings. The number of carbonyl (C=O) groups is 1. The highest BCUT2D eigenvalue weighted by Crippen LogP contribution is 2.24. The zero-order chi connectivity index (χ0) is 15.7. The van der Waals surface area contributed by atoms with E-state index in [1.807, 2.05) is 6.07 Å². The Bertz CT molecular complexity index is 940. The Labute approximate surface area is 129 Å². The molecular weight excluding hydrogens is 298 g/mol. The molecule has 5 heteroatoms. The molecule has 4 nitrogen and oxygen atoms in total. The van der Waals surface area contributed by atoms with Crippen LogP contribution in [-0.2, 0) is 15.8 Å². The fourth-order valence-corrected chi connectivity index (χ4v) is 3.99. The number of hydrogen-bond donors (Lipinski definition) is 0. The lowest BCUT2D eigenvalue weighted by Gasteiger charge is -2.07. The number of hydrogen-bond acceptors (Lipinski definition) is 3. The van der Waals surface area contributed by atoms with Crippen molar-refractivity contribution in [2.24, 2.45) is 0 Å². The van der Waals surface area contributed by atoms with Crippen LogP contribution in [0, 0.1) is 0 Å². The first-order valence-electron chi connectivity index (χ1n) is 6.87. The Morgan fingerprint density at radius 1 is 1.00 bits per heavy atom. The van der Waals surface area contributed by atoms with E-state index in [1.165, 1.54) is 17.1 Å². The first-order valence-corrected chi connectivity index (χ1v) is 8.48. The summed E-state index contributed by atoms with van der Waals surface area (Å²) in [5, 5.41) is 0.659. The molecule has 3 rings (SSSR count). The molecule has 0 amide bonds. The van der Waals surface area contributed by atoms with E-state index in [0.717, 1.165) is 0 Å². The molecule has 0 N–H and O–H groups in total. The van der Waals surface area contributed by atoms with Gasteiger partial charge in [0.25, 0.3) is 0 Å². The van der Waals surface area contributed by atoms with Gasteiger partial charge in [0.2, 0.25) is 10.0 Å². The minimum Gasteiger partial charge on any atom is -0.294 e. The van der Waals surface area contributed by atoms with Crippen LogP contribution in [0.25, 0.3) is 10.9 Å². The summed E-state index contributed by atoms with van der Waals surface area (Å²) < 4.78 is 26.6. The van der Waals surface area contributed by atoms with Crippen LogP contribution >= 0.6 is 0 Å². The summed E-state index contributed by atoms with van der Waals surface area (Å²) in [6.07, 6.45) is 1.42. The van der Waals surface area contributed by atoms with Gasteiger partial charge in [0.15, 0.2) is 5.78 Å². The van der Waals surface area contributed by atoms with Crippen molar-refractivity contribution in [2.75, 3.05) is 0 Å². The quantitative estimate of drug-likeness (QED) is 0.695. The molecule has 0 saturated heterocycles. The Balaban J connectivity index is 2.15. The van der Waals surface area contributed by atoms with Gasteiger partial charge in [-0.1, -0.05) is 48.5 Å². The van der Waals surface area contributed by atoms with Crippen LogP contribution in [-0.4, -0.2) is 18.2 Å². The van der Waals surface area contributed by atoms with Gasteiger partial charge in [-0.2, -0.15) is 0 Å². The minimum absolute atomic E-state index is 0.107. The Morgan fingerprint density at radius 3 is 2.32 bits per heavy atom. The van der Waals surface area contributed by atoms with Gasteiger partial charge in [-0.3, -0.25) is 4.79 Å². The van der Waals surface area contributed by atoms with Crippen LogP contribution in [0.15, 0.2) is 60.8 Å². The molecule has 0 bridgehead atoms. The molecule has 0 unspecified atom stereocenters. The van der Waals surface area contributed by atoms with Crippen LogP contribution in [0.1, 0.15) is 22.8 Å². The van der Waals surface area contributed by atoms with E-state index in [1.54, 1.807) is 48.5 Å². The lowest BCUT2D eigenvalue weighted by molar-refractivity contribution is 0.101. The fourth-order valence-electron chi connectivity index (χ4n) is 2.52. The molecule has 3 aromatic rings. The molecular formula is C17H15NO3S. The predicted octanol–water partition coefficient (Wildman–Crippen LogP) is 3.22. The van der Waals surface area contributed by atoms with Crippen LogP contribution in [0.4, 0.5) is 0 Å². The number of rotatable bonds is 4. The maximum Gasteiger partial charge on any atom is 0.243 e. The second-order valence-corrected chi connectivity index (χ2v) is 7.00. The standard InChI is InChI=1S/C17H15NO3S/c1-13(19)16-11-18(17-10-6-5-9-15(16)17)22(20,21)12-14-7-3-2-4-8-14/h2-11H,12H2,1H3. The Kier molecular flexibility index (Phi) is 3.58. The minimum atomic E-state index is -3.59. The molecule has 0 aliphatic carbocycles. The molecule has 1 heterocycles. The van der Waals surface area contributed by atoms with Crippen molar-refractivity contribution in [3.8, 4) is 0 Å². The van der Waals surface area contributed by atoms with Crippen LogP contribution < -0.4 is 0 Å². The molecule has 0 atom stereocenters. The average Bonchev–Trinajstić information content (AvgIpc) is 2.88. The summed E-state index contributed by atoms with van der Waals surface area (Å²) in [4.78, 5) is 11.7. The predicted molar refractivity (Wildman–Crippen MR) is 86.4 cm³/mol. The molecule has 1 aromatic heterocycles. The zero-order valence-electron chi connectivity index (χ0n) is 12.1. The maximum absolute atomic E-state index is 12.7. The Morgan fingerprint density at radius 2 is 1.64 bits per heavy atom. The first-order chi connectivity index (χ1) is 10.5. The number of para-hydroxylation sites is 1. The number of aromatic nitrogens is 1.